The molecular formula is C13H20N2OS. The van der Waals surface area contributed by atoms with Crippen LogP contribution in [0.2, 0.25) is 0 Å². The number of rotatable bonds is 2. The number of hydrogen-bond donors (Lipinski definition) is 1. The van der Waals surface area contributed by atoms with E-state index in [9.17, 15) is 4.79 Å². The van der Waals surface area contributed by atoms with E-state index in [1.165, 1.54) is 37.0 Å². The van der Waals surface area contributed by atoms with Gasteiger partial charge in [0.1, 0.15) is 5.01 Å². The molecule has 0 radical (unpaired) electrons. The Hall–Kier alpha value is -0.740. The average Bonchev–Trinajstić information content (AvgIpc) is 2.52. The van der Waals surface area contributed by atoms with Gasteiger partial charge in [0.15, 0.2) is 5.78 Å². The van der Waals surface area contributed by atoms with Crippen molar-refractivity contribution in [2.75, 3.05) is 0 Å². The highest BCUT2D eigenvalue weighted by atomic mass is 32.1. The number of aromatic nitrogens is 1. The van der Waals surface area contributed by atoms with E-state index in [2.05, 4.69) is 4.98 Å². The van der Waals surface area contributed by atoms with Crippen molar-refractivity contribution < 1.29 is 4.79 Å². The fourth-order valence-corrected chi connectivity index (χ4v) is 3.63. The molecule has 94 valence electrons. The van der Waals surface area contributed by atoms with E-state index in [-0.39, 0.29) is 11.3 Å². The average molecular weight is 252 g/mol. The normalized spacial score (nSPS) is 19.9. The Morgan fingerprint density at radius 2 is 1.88 bits per heavy atom. The quantitative estimate of drug-likeness (QED) is 0.649. The summed E-state index contributed by atoms with van der Waals surface area (Å²) in [7, 11) is 0. The minimum atomic E-state index is -0.292. The molecule has 2 rings (SSSR count). The van der Waals surface area contributed by atoms with Gasteiger partial charge in [-0.25, -0.2) is 4.98 Å². The van der Waals surface area contributed by atoms with Crippen LogP contribution in [0, 0.1) is 6.92 Å². The standard InChI is InChI=1S/C13H20N2OS/c1-9-11(10(2)16)17-12(15-9)13(14)7-5-3-4-6-8-13/h3-8,14H2,1-2H3. The van der Waals surface area contributed by atoms with E-state index in [4.69, 9.17) is 5.73 Å². The summed E-state index contributed by atoms with van der Waals surface area (Å²) in [6.45, 7) is 3.50. The Kier molecular flexibility index (Phi) is 3.64. The number of aryl methyl sites for hydroxylation is 1. The highest BCUT2D eigenvalue weighted by Crippen LogP contribution is 2.36. The SMILES string of the molecule is CC(=O)c1sc(C2(N)CCCCCC2)nc1C. The first kappa shape index (κ1) is 12.7. The van der Waals surface area contributed by atoms with Gasteiger partial charge in [-0.3, -0.25) is 4.79 Å². The Balaban J connectivity index is 2.31. The van der Waals surface area contributed by atoms with Crippen LogP contribution in [-0.2, 0) is 5.54 Å². The van der Waals surface area contributed by atoms with Crippen LogP contribution in [0.5, 0.6) is 0 Å². The molecule has 2 N–H and O–H groups in total. The Morgan fingerprint density at radius 3 is 2.35 bits per heavy atom. The van der Waals surface area contributed by atoms with E-state index in [1.807, 2.05) is 6.92 Å². The predicted molar refractivity (Wildman–Crippen MR) is 70.4 cm³/mol. The summed E-state index contributed by atoms with van der Waals surface area (Å²) in [5.41, 5.74) is 7.05. The van der Waals surface area contributed by atoms with Gasteiger partial charge >= 0.3 is 0 Å². The van der Waals surface area contributed by atoms with Crippen molar-refractivity contribution in [1.29, 1.82) is 0 Å². The van der Waals surface area contributed by atoms with Gasteiger partial charge in [0.25, 0.3) is 0 Å². The van der Waals surface area contributed by atoms with Gasteiger partial charge in [-0.2, -0.15) is 0 Å². The van der Waals surface area contributed by atoms with Crippen LogP contribution in [-0.4, -0.2) is 10.8 Å². The molecule has 1 aromatic rings. The summed E-state index contributed by atoms with van der Waals surface area (Å²) in [5, 5.41) is 0.960. The summed E-state index contributed by atoms with van der Waals surface area (Å²) in [5.74, 6) is 0.100. The van der Waals surface area contributed by atoms with Crippen molar-refractivity contribution in [3.8, 4) is 0 Å². The smallest absolute Gasteiger partial charge is 0.171 e. The zero-order valence-corrected chi connectivity index (χ0v) is 11.4. The summed E-state index contributed by atoms with van der Waals surface area (Å²) >= 11 is 1.50. The van der Waals surface area contributed by atoms with Gasteiger partial charge in [0.2, 0.25) is 0 Å². The Labute approximate surface area is 106 Å². The summed E-state index contributed by atoms with van der Waals surface area (Å²) in [4.78, 5) is 16.8. The van der Waals surface area contributed by atoms with Gasteiger partial charge in [0, 0.05) is 6.92 Å². The van der Waals surface area contributed by atoms with E-state index >= 15 is 0 Å². The number of nitrogens with two attached hydrogens (primary N) is 1. The number of hydrogen-bond acceptors (Lipinski definition) is 4. The molecule has 1 heterocycles. The van der Waals surface area contributed by atoms with Crippen molar-refractivity contribution in [3.63, 3.8) is 0 Å². The number of carbonyl (C=O) groups excluding carboxylic acids is 1. The van der Waals surface area contributed by atoms with Crippen molar-refractivity contribution in [2.24, 2.45) is 5.73 Å². The van der Waals surface area contributed by atoms with Crippen LogP contribution < -0.4 is 5.73 Å². The lowest BCUT2D eigenvalue weighted by molar-refractivity contribution is 0.102. The largest absolute Gasteiger partial charge is 0.319 e. The molecule has 0 aliphatic heterocycles. The fourth-order valence-electron chi connectivity index (χ4n) is 2.51. The minimum Gasteiger partial charge on any atom is -0.319 e. The summed E-state index contributed by atoms with van der Waals surface area (Å²) < 4.78 is 0. The molecule has 0 spiro atoms. The van der Waals surface area contributed by atoms with Crippen molar-refractivity contribution in [1.82, 2.24) is 4.98 Å². The van der Waals surface area contributed by atoms with Gasteiger partial charge in [-0.1, -0.05) is 25.7 Å². The molecule has 1 aliphatic carbocycles. The summed E-state index contributed by atoms with van der Waals surface area (Å²) in [6.07, 6.45) is 6.87. The molecule has 1 aromatic heterocycles. The number of Topliss-reactive ketones (excluding diaryl/α,β-unsaturated/α-hetero) is 1. The second kappa shape index (κ2) is 4.86. The highest BCUT2D eigenvalue weighted by molar-refractivity contribution is 7.14. The molecule has 0 amide bonds. The number of carbonyl (C=O) groups is 1. The van der Waals surface area contributed by atoms with Crippen molar-refractivity contribution >= 4 is 17.1 Å². The first-order chi connectivity index (χ1) is 8.03. The van der Waals surface area contributed by atoms with Crippen LogP contribution in [0.3, 0.4) is 0 Å². The lowest BCUT2D eigenvalue weighted by Crippen LogP contribution is -2.35. The van der Waals surface area contributed by atoms with Crippen LogP contribution in [0.25, 0.3) is 0 Å². The topological polar surface area (TPSA) is 56.0 Å². The maximum Gasteiger partial charge on any atom is 0.171 e. The number of nitrogens with zero attached hydrogens (tertiary/aromatic N) is 1. The molecule has 0 unspecified atom stereocenters. The second-order valence-electron chi connectivity index (χ2n) is 5.06. The lowest BCUT2D eigenvalue weighted by atomic mass is 9.92. The van der Waals surface area contributed by atoms with Gasteiger partial charge in [-0.15, -0.1) is 11.3 Å². The number of ketones is 1. The predicted octanol–water partition coefficient (Wildman–Crippen LogP) is 3.16. The molecule has 0 atom stereocenters. The molecule has 0 bridgehead atoms. The highest BCUT2D eigenvalue weighted by Gasteiger charge is 2.32. The fraction of sp³-hybridized carbons (Fsp3) is 0.692. The maximum absolute atomic E-state index is 11.5. The third-order valence-electron chi connectivity index (χ3n) is 3.54. The van der Waals surface area contributed by atoms with E-state index in [0.29, 0.717) is 0 Å². The Morgan fingerprint density at radius 1 is 1.29 bits per heavy atom. The summed E-state index contributed by atoms with van der Waals surface area (Å²) in [6, 6.07) is 0. The first-order valence-corrected chi connectivity index (χ1v) is 7.12. The molecule has 0 saturated heterocycles. The second-order valence-corrected chi connectivity index (χ2v) is 6.06. The zero-order valence-electron chi connectivity index (χ0n) is 10.6. The van der Waals surface area contributed by atoms with Crippen LogP contribution in [0.1, 0.15) is 65.8 Å². The van der Waals surface area contributed by atoms with Gasteiger partial charge in [0.05, 0.1) is 16.1 Å². The molecular weight excluding hydrogens is 232 g/mol. The molecule has 0 aromatic carbocycles. The molecule has 3 nitrogen and oxygen atoms in total. The minimum absolute atomic E-state index is 0.100. The van der Waals surface area contributed by atoms with Gasteiger partial charge in [-0.05, 0) is 19.8 Å². The van der Waals surface area contributed by atoms with E-state index < -0.39 is 0 Å². The van der Waals surface area contributed by atoms with Crippen LogP contribution in [0.4, 0.5) is 0 Å². The zero-order chi connectivity index (χ0) is 12.5. The molecule has 1 saturated carbocycles. The molecule has 1 aliphatic rings. The van der Waals surface area contributed by atoms with Crippen LogP contribution in [0.15, 0.2) is 0 Å². The first-order valence-electron chi connectivity index (χ1n) is 6.31. The van der Waals surface area contributed by atoms with E-state index in [1.54, 1.807) is 6.92 Å². The van der Waals surface area contributed by atoms with Crippen molar-refractivity contribution in [3.05, 3.63) is 15.6 Å². The third-order valence-corrected chi connectivity index (χ3v) is 5.02. The van der Waals surface area contributed by atoms with Crippen molar-refractivity contribution in [2.45, 2.75) is 57.9 Å². The molecule has 1 fully saturated rings. The molecule has 17 heavy (non-hydrogen) atoms. The molecule has 4 heteroatoms. The Bertz CT molecular complexity index is 417. The monoisotopic (exact) mass is 252 g/mol. The third kappa shape index (κ3) is 2.58. The van der Waals surface area contributed by atoms with E-state index in [0.717, 1.165) is 28.4 Å². The number of thiazole rings is 1. The maximum atomic E-state index is 11.5. The van der Waals surface area contributed by atoms with Gasteiger partial charge < -0.3 is 5.73 Å². The lowest BCUT2D eigenvalue weighted by Gasteiger charge is -2.25. The van der Waals surface area contributed by atoms with Crippen LogP contribution >= 0.6 is 11.3 Å².